The van der Waals surface area contributed by atoms with Crippen molar-refractivity contribution in [1.82, 2.24) is 16.0 Å². The molecule has 0 heterocycles. The normalized spacial score (nSPS) is 11.2. The number of carboxylic acids is 9. The molecule has 0 spiro atoms. The fourth-order valence-corrected chi connectivity index (χ4v) is 2.79. The van der Waals surface area contributed by atoms with Crippen molar-refractivity contribution in [3.8, 4) is 0 Å². The Balaban J connectivity index is -0.000000134. The van der Waals surface area contributed by atoms with Crippen molar-refractivity contribution in [2.45, 2.75) is 75.9 Å². The van der Waals surface area contributed by atoms with Gasteiger partial charge in [-0.05, 0) is 38.9 Å². The van der Waals surface area contributed by atoms with Crippen LogP contribution in [0.2, 0.25) is 0 Å². The summed E-state index contributed by atoms with van der Waals surface area (Å²) in [6.07, 6.45) is -1.46. The maximum Gasteiger partial charge on any atom is 1.00 e. The quantitative estimate of drug-likeness (QED) is 0.0330. The van der Waals surface area contributed by atoms with Crippen molar-refractivity contribution >= 4 is 53.7 Å². The van der Waals surface area contributed by atoms with Crippen molar-refractivity contribution in [1.29, 1.82) is 0 Å². The van der Waals surface area contributed by atoms with Gasteiger partial charge in [-0.2, -0.15) is 0 Å². The van der Waals surface area contributed by atoms with Crippen LogP contribution < -0.4 is 120 Å². The molecule has 0 aromatic carbocycles. The average molecular weight is 724 g/mol. The first-order valence-electron chi connectivity index (χ1n) is 12.9. The number of carboxylic acid groups (broad SMARTS) is 9. The average Bonchev–Trinajstić information content (AvgIpc) is 2.88. The van der Waals surface area contributed by atoms with Crippen LogP contribution in [0.15, 0.2) is 0 Å². The molecule has 0 aromatic rings. The van der Waals surface area contributed by atoms with Crippen LogP contribution in [-0.4, -0.2) is 122 Å². The van der Waals surface area contributed by atoms with Gasteiger partial charge in [-0.25, -0.2) is 0 Å². The van der Waals surface area contributed by atoms with Crippen LogP contribution in [0.4, 0.5) is 0 Å². The Kier molecular flexibility index (Phi) is 44.2. The fourth-order valence-electron chi connectivity index (χ4n) is 2.79. The van der Waals surface area contributed by atoms with Crippen LogP contribution in [0.5, 0.6) is 0 Å². The second-order valence-corrected chi connectivity index (χ2v) is 8.76. The van der Waals surface area contributed by atoms with Gasteiger partial charge in [0.2, 0.25) is 0 Å². The predicted molar refractivity (Wildman–Crippen MR) is 138 cm³/mol. The number of rotatable bonds is 24. The summed E-state index contributed by atoms with van der Waals surface area (Å²) >= 11 is 0. The summed E-state index contributed by atoms with van der Waals surface area (Å²) in [6.45, 7) is 0.406. The summed E-state index contributed by atoms with van der Waals surface area (Å²) in [6, 6.07) is -3.70. The van der Waals surface area contributed by atoms with Crippen molar-refractivity contribution in [2.75, 3.05) is 19.6 Å². The summed E-state index contributed by atoms with van der Waals surface area (Å²) in [4.78, 5) is 92.2. The smallest absolute Gasteiger partial charge is 0.550 e. The van der Waals surface area contributed by atoms with E-state index in [1.807, 2.05) is 0 Å². The molecule has 0 unspecified atom stereocenters. The van der Waals surface area contributed by atoms with Crippen LogP contribution in [-0.2, 0) is 43.2 Å². The number of carbonyl (C=O) groups is 9. The van der Waals surface area contributed by atoms with Gasteiger partial charge in [-0.3, -0.25) is 28.8 Å². The van der Waals surface area contributed by atoms with Crippen LogP contribution in [0, 0.1) is 0 Å². The molecule has 0 rings (SSSR count). The topological polar surface area (TPSA) is 380 Å². The number of hydrogen-bond acceptors (Lipinski definition) is 15. The molecule has 9 N–H and O–H groups in total. The Morgan fingerprint density at radius 2 is 0.604 bits per heavy atom. The van der Waals surface area contributed by atoms with Gasteiger partial charge in [0.1, 0.15) is 18.1 Å². The van der Waals surface area contributed by atoms with Crippen molar-refractivity contribution in [2.24, 2.45) is 0 Å². The molecule has 0 aliphatic carbocycles. The molecule has 0 saturated heterocycles. The SMILES string of the molecule is O=C([O-])C[C@H](NCCCC(=O)O)C(=O)O.O=C([O-])C[C@H](NCCCC(=O)O)C(=O)O.O=C([O-])C[C@H](NCCCC(=O)O)C(=O)O.[Na+].[Na+].[Na+]. The molecular formula is C24H36N3Na3O18. The first-order valence-corrected chi connectivity index (χ1v) is 12.9. The molecule has 0 saturated carbocycles. The summed E-state index contributed by atoms with van der Waals surface area (Å²) in [5, 5.41) is 88.2. The van der Waals surface area contributed by atoms with Crippen LogP contribution in [0.3, 0.4) is 0 Å². The van der Waals surface area contributed by atoms with E-state index >= 15 is 0 Å². The second kappa shape index (κ2) is 36.4. The monoisotopic (exact) mass is 723 g/mol. The molecule has 24 heteroatoms. The maximum absolute atomic E-state index is 10.5. The Bertz CT molecular complexity index is 894. The molecule has 0 amide bonds. The van der Waals surface area contributed by atoms with Gasteiger partial charge in [0, 0.05) is 56.4 Å². The Labute approximate surface area is 340 Å². The van der Waals surface area contributed by atoms with Gasteiger partial charge in [0.25, 0.3) is 0 Å². The number of aliphatic carboxylic acids is 9. The standard InChI is InChI=1S/3C8H13NO6.3Na/c3*10-6(11)2-1-3-9-5(8(14)15)4-7(12)13;;;/h3*5,9H,1-4H2,(H,10,11)(H,12,13)(H,14,15);;;/q;;;3*+1/p-3/t3*5-;;;/m000.../s1. The van der Waals surface area contributed by atoms with E-state index < -0.39 is 91.1 Å². The fraction of sp³-hybridized carbons (Fsp3) is 0.625. The summed E-state index contributed by atoms with van der Waals surface area (Å²) in [7, 11) is 0. The molecule has 0 fully saturated rings. The van der Waals surface area contributed by atoms with E-state index in [9.17, 15) is 58.5 Å². The van der Waals surface area contributed by atoms with Crippen molar-refractivity contribution in [3.05, 3.63) is 0 Å². The third-order valence-electron chi connectivity index (χ3n) is 4.88. The molecule has 0 aromatic heterocycles. The van der Waals surface area contributed by atoms with E-state index in [-0.39, 0.29) is 147 Å². The van der Waals surface area contributed by atoms with Gasteiger partial charge in [0.05, 0.1) is 0 Å². The maximum atomic E-state index is 10.5. The summed E-state index contributed by atoms with van der Waals surface area (Å²) in [5.41, 5.74) is 0. The Morgan fingerprint density at radius 1 is 0.417 bits per heavy atom. The van der Waals surface area contributed by atoms with Crippen molar-refractivity contribution in [3.63, 3.8) is 0 Å². The van der Waals surface area contributed by atoms with Gasteiger partial charge in [-0.15, -0.1) is 0 Å². The Morgan fingerprint density at radius 3 is 0.729 bits per heavy atom. The van der Waals surface area contributed by atoms with Crippen molar-refractivity contribution < 1.29 is 178 Å². The molecule has 0 aliphatic heterocycles. The predicted octanol–water partition coefficient (Wildman–Crippen LogP) is -14.9. The number of hydrogen-bond donors (Lipinski definition) is 9. The molecule has 3 atom stereocenters. The summed E-state index contributed by atoms with van der Waals surface area (Å²) < 4.78 is 0. The van der Waals surface area contributed by atoms with E-state index in [0.29, 0.717) is 0 Å². The van der Waals surface area contributed by atoms with Gasteiger partial charge >= 0.3 is 124 Å². The number of nitrogens with one attached hydrogen (secondary N) is 3. The minimum Gasteiger partial charge on any atom is -0.550 e. The Hall–Kier alpha value is -1.89. The molecule has 0 bridgehead atoms. The van der Waals surface area contributed by atoms with E-state index in [1.165, 1.54) is 0 Å². The largest absolute Gasteiger partial charge is 1.00 e. The van der Waals surface area contributed by atoms with E-state index in [4.69, 9.17) is 30.6 Å². The molecule has 21 nitrogen and oxygen atoms in total. The van der Waals surface area contributed by atoms with Crippen LogP contribution in [0.25, 0.3) is 0 Å². The second-order valence-electron chi connectivity index (χ2n) is 8.76. The number of carbonyl (C=O) groups excluding carboxylic acids is 3. The zero-order chi connectivity index (χ0) is 35.5. The third kappa shape index (κ3) is 44.1. The first-order chi connectivity index (χ1) is 20.8. The molecule has 48 heavy (non-hydrogen) atoms. The molecule has 0 radical (unpaired) electrons. The third-order valence-corrected chi connectivity index (χ3v) is 4.88. The van der Waals surface area contributed by atoms with Crippen LogP contribution in [0.1, 0.15) is 57.8 Å². The summed E-state index contributed by atoms with van der Waals surface area (Å²) in [5.74, 6) is -11.2. The van der Waals surface area contributed by atoms with Gasteiger partial charge in [0.15, 0.2) is 0 Å². The van der Waals surface area contributed by atoms with Crippen LogP contribution >= 0.6 is 0 Å². The minimum atomic E-state index is -1.46. The minimum absolute atomic E-state index is 0. The van der Waals surface area contributed by atoms with E-state index in [1.54, 1.807) is 0 Å². The molecular weight excluding hydrogens is 687 g/mol. The molecule has 0 aliphatic rings. The van der Waals surface area contributed by atoms with Gasteiger partial charge < -0.3 is 76.3 Å². The zero-order valence-electron chi connectivity index (χ0n) is 26.8. The van der Waals surface area contributed by atoms with Gasteiger partial charge in [-0.1, -0.05) is 0 Å². The van der Waals surface area contributed by atoms with E-state index in [0.717, 1.165) is 0 Å². The van der Waals surface area contributed by atoms with E-state index in [2.05, 4.69) is 16.0 Å². The molecule has 258 valence electrons. The first kappa shape index (κ1) is 58.3. The zero-order valence-corrected chi connectivity index (χ0v) is 32.8.